The summed E-state index contributed by atoms with van der Waals surface area (Å²) in [5, 5.41) is 10.1. The van der Waals surface area contributed by atoms with Gasteiger partial charge in [-0.3, -0.25) is 4.90 Å². The van der Waals surface area contributed by atoms with Crippen LogP contribution in [0, 0.1) is 0 Å². The molecule has 0 fully saturated rings. The monoisotopic (exact) mass is 303 g/mol. The van der Waals surface area contributed by atoms with Gasteiger partial charge >= 0.3 is 0 Å². The van der Waals surface area contributed by atoms with Gasteiger partial charge in [-0.1, -0.05) is 60.7 Å². The van der Waals surface area contributed by atoms with Gasteiger partial charge in [0, 0.05) is 25.0 Å². The molecule has 0 radical (unpaired) electrons. The fraction of sp³-hybridized carbons (Fsp3) is 0.333. The molecule has 0 aromatic heterocycles. The topological polar surface area (TPSA) is 23.5 Å². The van der Waals surface area contributed by atoms with Crippen molar-refractivity contribution >= 4 is 11.6 Å². The van der Waals surface area contributed by atoms with Crippen LogP contribution >= 0.6 is 11.6 Å². The average molecular weight is 304 g/mol. The molecule has 0 saturated heterocycles. The summed E-state index contributed by atoms with van der Waals surface area (Å²) < 4.78 is 0. The van der Waals surface area contributed by atoms with E-state index in [0.29, 0.717) is 0 Å². The third kappa shape index (κ3) is 4.85. The van der Waals surface area contributed by atoms with Crippen LogP contribution in [0.4, 0.5) is 0 Å². The Balaban J connectivity index is 2.13. The highest BCUT2D eigenvalue weighted by Crippen LogP contribution is 2.16. The molecule has 3 heteroatoms. The van der Waals surface area contributed by atoms with Crippen molar-refractivity contribution in [1.82, 2.24) is 4.90 Å². The van der Waals surface area contributed by atoms with Crippen LogP contribution in [0.3, 0.4) is 0 Å². The lowest BCUT2D eigenvalue weighted by atomic mass is 10.1. The van der Waals surface area contributed by atoms with E-state index in [1.165, 1.54) is 11.1 Å². The Bertz CT molecular complexity index is 476. The summed E-state index contributed by atoms with van der Waals surface area (Å²) in [4.78, 5) is 2.26. The number of halogens is 1. The third-order valence-electron chi connectivity index (χ3n) is 3.75. The molecule has 2 rings (SSSR count). The second kappa shape index (κ2) is 8.18. The fourth-order valence-corrected chi connectivity index (χ4v) is 2.61. The van der Waals surface area contributed by atoms with Gasteiger partial charge in [-0.25, -0.2) is 0 Å². The highest BCUT2D eigenvalue weighted by molar-refractivity contribution is 6.18. The molecular weight excluding hydrogens is 282 g/mol. The summed E-state index contributed by atoms with van der Waals surface area (Å²) in [5.41, 5.74) is 2.48. The number of hydrogen-bond acceptors (Lipinski definition) is 2. The number of aliphatic hydroxyl groups excluding tert-OH is 1. The zero-order chi connectivity index (χ0) is 15.1. The largest absolute Gasteiger partial charge is 0.390 e. The van der Waals surface area contributed by atoms with Gasteiger partial charge in [0.05, 0.1) is 6.10 Å². The van der Waals surface area contributed by atoms with Crippen molar-refractivity contribution in [3.8, 4) is 0 Å². The van der Waals surface area contributed by atoms with Crippen molar-refractivity contribution < 1.29 is 5.11 Å². The molecule has 0 aliphatic rings. The van der Waals surface area contributed by atoms with E-state index in [1.54, 1.807) is 0 Å². The Hall–Kier alpha value is -1.35. The molecule has 0 aliphatic carbocycles. The standard InChI is InChI=1S/C18H22ClNO/c1-15(18(21)12-19)20(13-16-8-4-2-5-9-16)14-17-10-6-3-7-11-17/h2-11,15,18,21H,12-14H2,1H3/t15-,18+/m0/s1. The Kier molecular flexibility index (Phi) is 6.24. The first-order valence-electron chi connectivity index (χ1n) is 7.26. The van der Waals surface area contributed by atoms with Gasteiger partial charge in [0.1, 0.15) is 0 Å². The third-order valence-corrected chi connectivity index (χ3v) is 4.06. The Morgan fingerprint density at radius 3 is 1.71 bits per heavy atom. The molecule has 2 aromatic rings. The highest BCUT2D eigenvalue weighted by Gasteiger charge is 2.21. The number of nitrogens with zero attached hydrogens (tertiary/aromatic N) is 1. The number of hydrogen-bond donors (Lipinski definition) is 1. The maximum atomic E-state index is 10.1. The molecule has 0 amide bonds. The maximum Gasteiger partial charge on any atom is 0.0827 e. The Morgan fingerprint density at radius 1 is 0.905 bits per heavy atom. The van der Waals surface area contributed by atoms with E-state index >= 15 is 0 Å². The number of aliphatic hydroxyl groups is 1. The van der Waals surface area contributed by atoms with Gasteiger partial charge in [0.2, 0.25) is 0 Å². The van der Waals surface area contributed by atoms with Gasteiger partial charge in [-0.2, -0.15) is 0 Å². The first-order valence-corrected chi connectivity index (χ1v) is 7.80. The molecule has 0 spiro atoms. The van der Waals surface area contributed by atoms with E-state index in [9.17, 15) is 5.11 Å². The van der Waals surface area contributed by atoms with Crippen LogP contribution in [0.1, 0.15) is 18.1 Å². The molecule has 0 bridgehead atoms. The summed E-state index contributed by atoms with van der Waals surface area (Å²) in [7, 11) is 0. The molecule has 0 heterocycles. The predicted molar refractivity (Wildman–Crippen MR) is 88.3 cm³/mol. The van der Waals surface area contributed by atoms with Gasteiger partial charge in [0.25, 0.3) is 0 Å². The Labute approximate surface area is 132 Å². The zero-order valence-corrected chi connectivity index (χ0v) is 13.1. The van der Waals surface area contributed by atoms with Gasteiger partial charge in [-0.15, -0.1) is 11.6 Å². The minimum atomic E-state index is -0.529. The molecule has 0 saturated carbocycles. The summed E-state index contributed by atoms with van der Waals surface area (Å²) in [5.74, 6) is 0.251. The second-order valence-electron chi connectivity index (χ2n) is 5.34. The summed E-state index contributed by atoms with van der Waals surface area (Å²) >= 11 is 5.82. The molecule has 2 nitrogen and oxygen atoms in total. The molecule has 21 heavy (non-hydrogen) atoms. The molecule has 0 aliphatic heterocycles. The van der Waals surface area contributed by atoms with Crippen LogP contribution in [-0.2, 0) is 13.1 Å². The van der Waals surface area contributed by atoms with E-state index in [2.05, 4.69) is 29.2 Å². The average Bonchev–Trinajstić information content (AvgIpc) is 2.54. The van der Waals surface area contributed by atoms with E-state index in [1.807, 2.05) is 43.3 Å². The van der Waals surface area contributed by atoms with Crippen LogP contribution < -0.4 is 0 Å². The van der Waals surface area contributed by atoms with Crippen LogP contribution in [0.15, 0.2) is 60.7 Å². The van der Waals surface area contributed by atoms with Crippen LogP contribution in [0.25, 0.3) is 0 Å². The highest BCUT2D eigenvalue weighted by atomic mass is 35.5. The quantitative estimate of drug-likeness (QED) is 0.789. The van der Waals surface area contributed by atoms with Crippen molar-refractivity contribution in [2.24, 2.45) is 0 Å². The lowest BCUT2D eigenvalue weighted by Crippen LogP contribution is -2.41. The van der Waals surface area contributed by atoms with Gasteiger partial charge in [0.15, 0.2) is 0 Å². The van der Waals surface area contributed by atoms with E-state index < -0.39 is 6.10 Å². The Morgan fingerprint density at radius 2 is 1.33 bits per heavy atom. The molecule has 2 atom stereocenters. The minimum absolute atomic E-state index is 0.00270. The molecule has 1 N–H and O–H groups in total. The summed E-state index contributed by atoms with van der Waals surface area (Å²) in [6.07, 6.45) is -0.529. The molecular formula is C18H22ClNO. The van der Waals surface area contributed by atoms with Crippen molar-refractivity contribution in [2.45, 2.75) is 32.2 Å². The van der Waals surface area contributed by atoms with Gasteiger partial charge < -0.3 is 5.11 Å². The first kappa shape index (κ1) is 16.0. The van der Waals surface area contributed by atoms with Crippen molar-refractivity contribution in [1.29, 1.82) is 0 Å². The van der Waals surface area contributed by atoms with E-state index in [4.69, 9.17) is 11.6 Å². The zero-order valence-electron chi connectivity index (χ0n) is 12.3. The lowest BCUT2D eigenvalue weighted by Gasteiger charge is -2.32. The molecule has 2 aromatic carbocycles. The minimum Gasteiger partial charge on any atom is -0.390 e. The number of rotatable bonds is 7. The fourth-order valence-electron chi connectivity index (χ4n) is 2.35. The molecule has 0 unspecified atom stereocenters. The van der Waals surface area contributed by atoms with Crippen molar-refractivity contribution in [3.05, 3.63) is 71.8 Å². The van der Waals surface area contributed by atoms with Gasteiger partial charge in [-0.05, 0) is 18.1 Å². The van der Waals surface area contributed by atoms with Crippen molar-refractivity contribution in [2.75, 3.05) is 5.88 Å². The second-order valence-corrected chi connectivity index (χ2v) is 5.65. The lowest BCUT2D eigenvalue weighted by molar-refractivity contribution is 0.0631. The first-order chi connectivity index (χ1) is 10.2. The maximum absolute atomic E-state index is 10.1. The summed E-state index contributed by atoms with van der Waals surface area (Å²) in [6, 6.07) is 20.6. The van der Waals surface area contributed by atoms with Crippen molar-refractivity contribution in [3.63, 3.8) is 0 Å². The van der Waals surface area contributed by atoms with Crippen LogP contribution in [0.5, 0.6) is 0 Å². The van der Waals surface area contributed by atoms with Crippen LogP contribution in [0.2, 0.25) is 0 Å². The number of benzene rings is 2. The molecule has 112 valence electrons. The number of alkyl halides is 1. The predicted octanol–water partition coefficient (Wildman–Crippen LogP) is 3.68. The normalized spacial score (nSPS) is 14.1. The van der Waals surface area contributed by atoms with E-state index in [0.717, 1.165) is 13.1 Å². The van der Waals surface area contributed by atoms with Crippen LogP contribution in [-0.4, -0.2) is 28.0 Å². The summed E-state index contributed by atoms with van der Waals surface area (Å²) in [6.45, 7) is 3.62. The van der Waals surface area contributed by atoms with E-state index in [-0.39, 0.29) is 11.9 Å². The SMILES string of the molecule is C[C@@H]([C@H](O)CCl)N(Cc1ccccc1)Cc1ccccc1. The smallest absolute Gasteiger partial charge is 0.0827 e.